The van der Waals surface area contributed by atoms with E-state index in [0.29, 0.717) is 18.1 Å². The van der Waals surface area contributed by atoms with Crippen LogP contribution >= 0.6 is 0 Å². The largest absolute Gasteiger partial charge is 0.494 e. The Morgan fingerprint density at radius 3 is 2.35 bits per heavy atom. The number of amides is 1. The van der Waals surface area contributed by atoms with Gasteiger partial charge in [0, 0.05) is 0 Å². The molecule has 0 aromatic heterocycles. The summed E-state index contributed by atoms with van der Waals surface area (Å²) >= 11 is 0. The van der Waals surface area contributed by atoms with Crippen LogP contribution in [0.1, 0.15) is 13.3 Å². The Bertz CT molecular complexity index is 659. The predicted molar refractivity (Wildman–Crippen MR) is 82.7 cm³/mol. The van der Waals surface area contributed by atoms with E-state index in [4.69, 9.17) is 9.47 Å². The highest BCUT2D eigenvalue weighted by molar-refractivity contribution is 5.92. The lowest BCUT2D eigenvalue weighted by Gasteiger charge is -2.09. The molecule has 2 rings (SSSR count). The Kier molecular flexibility index (Phi) is 5.91. The second-order valence-electron chi connectivity index (χ2n) is 4.76. The lowest BCUT2D eigenvalue weighted by atomic mass is 10.3. The number of carbonyl (C=O) groups is 1. The minimum absolute atomic E-state index is 0.220. The summed E-state index contributed by atoms with van der Waals surface area (Å²) in [7, 11) is 0. The Labute approximate surface area is 133 Å². The van der Waals surface area contributed by atoms with Gasteiger partial charge in [0.25, 0.3) is 5.91 Å². The van der Waals surface area contributed by atoms with Crippen LogP contribution in [0.5, 0.6) is 11.5 Å². The molecule has 0 radical (unpaired) electrons. The number of halogens is 2. The molecule has 2 aromatic carbocycles. The van der Waals surface area contributed by atoms with Crippen LogP contribution in [0.25, 0.3) is 0 Å². The minimum Gasteiger partial charge on any atom is -0.494 e. The van der Waals surface area contributed by atoms with E-state index in [0.717, 1.165) is 12.5 Å². The summed E-state index contributed by atoms with van der Waals surface area (Å²) in [5, 5.41) is 2.26. The van der Waals surface area contributed by atoms with Gasteiger partial charge in [0.1, 0.15) is 11.5 Å². The SMILES string of the molecule is CCCOc1ccc(OCC(=O)Nc2cccc(F)c2F)cc1. The molecule has 0 fully saturated rings. The average molecular weight is 321 g/mol. The summed E-state index contributed by atoms with van der Waals surface area (Å²) in [6, 6.07) is 10.4. The van der Waals surface area contributed by atoms with E-state index in [1.165, 1.54) is 12.1 Å². The van der Waals surface area contributed by atoms with Crippen molar-refractivity contribution in [3.8, 4) is 11.5 Å². The lowest BCUT2D eigenvalue weighted by molar-refractivity contribution is -0.118. The normalized spacial score (nSPS) is 10.2. The van der Waals surface area contributed by atoms with E-state index in [-0.39, 0.29) is 12.3 Å². The lowest BCUT2D eigenvalue weighted by Crippen LogP contribution is -2.21. The van der Waals surface area contributed by atoms with Crippen LogP contribution in [0.3, 0.4) is 0 Å². The van der Waals surface area contributed by atoms with E-state index >= 15 is 0 Å². The van der Waals surface area contributed by atoms with Crippen LogP contribution in [-0.2, 0) is 4.79 Å². The maximum Gasteiger partial charge on any atom is 0.262 e. The third-order valence-corrected chi connectivity index (χ3v) is 2.89. The van der Waals surface area contributed by atoms with E-state index in [2.05, 4.69) is 5.32 Å². The molecule has 0 unspecified atom stereocenters. The number of hydrogen-bond acceptors (Lipinski definition) is 3. The Balaban J connectivity index is 1.85. The molecule has 0 saturated heterocycles. The number of nitrogens with one attached hydrogen (secondary N) is 1. The van der Waals surface area contributed by atoms with Gasteiger partial charge < -0.3 is 14.8 Å². The first-order valence-corrected chi connectivity index (χ1v) is 7.19. The molecular weight excluding hydrogens is 304 g/mol. The number of ether oxygens (including phenoxy) is 2. The zero-order valence-corrected chi connectivity index (χ0v) is 12.6. The molecule has 23 heavy (non-hydrogen) atoms. The molecule has 0 atom stereocenters. The predicted octanol–water partition coefficient (Wildman–Crippen LogP) is 3.77. The highest BCUT2D eigenvalue weighted by Gasteiger charge is 2.11. The van der Waals surface area contributed by atoms with Gasteiger partial charge in [-0.25, -0.2) is 8.78 Å². The molecule has 0 saturated carbocycles. The van der Waals surface area contributed by atoms with Gasteiger partial charge in [0.15, 0.2) is 18.2 Å². The third kappa shape index (κ3) is 4.95. The van der Waals surface area contributed by atoms with Gasteiger partial charge in [-0.2, -0.15) is 0 Å². The fraction of sp³-hybridized carbons (Fsp3) is 0.235. The van der Waals surface area contributed by atoms with E-state index in [1.807, 2.05) is 6.92 Å². The molecule has 0 aliphatic carbocycles. The van der Waals surface area contributed by atoms with Gasteiger partial charge in [-0.1, -0.05) is 13.0 Å². The zero-order chi connectivity index (χ0) is 16.7. The summed E-state index contributed by atoms with van der Waals surface area (Å²) < 4.78 is 37.2. The molecule has 0 aliphatic rings. The van der Waals surface area contributed by atoms with Crippen molar-refractivity contribution in [1.82, 2.24) is 0 Å². The molecule has 1 amide bonds. The minimum atomic E-state index is -1.10. The van der Waals surface area contributed by atoms with Gasteiger partial charge in [0.05, 0.1) is 12.3 Å². The van der Waals surface area contributed by atoms with Crippen molar-refractivity contribution in [2.75, 3.05) is 18.5 Å². The summed E-state index contributed by atoms with van der Waals surface area (Å²) in [6.45, 7) is 2.32. The molecule has 0 aliphatic heterocycles. The fourth-order valence-electron chi connectivity index (χ4n) is 1.79. The van der Waals surface area contributed by atoms with Crippen molar-refractivity contribution in [3.63, 3.8) is 0 Å². The van der Waals surface area contributed by atoms with Crippen molar-refractivity contribution in [2.45, 2.75) is 13.3 Å². The van der Waals surface area contributed by atoms with Crippen LogP contribution in [0.15, 0.2) is 42.5 Å². The first-order valence-electron chi connectivity index (χ1n) is 7.19. The van der Waals surface area contributed by atoms with Crippen LogP contribution in [0.2, 0.25) is 0 Å². The van der Waals surface area contributed by atoms with Crippen LogP contribution in [0, 0.1) is 11.6 Å². The van der Waals surface area contributed by atoms with Crippen LogP contribution in [-0.4, -0.2) is 19.1 Å². The van der Waals surface area contributed by atoms with Crippen molar-refractivity contribution in [3.05, 3.63) is 54.1 Å². The third-order valence-electron chi connectivity index (χ3n) is 2.89. The molecule has 2 aromatic rings. The van der Waals surface area contributed by atoms with E-state index in [1.54, 1.807) is 24.3 Å². The maximum absolute atomic E-state index is 13.4. The summed E-state index contributed by atoms with van der Waals surface area (Å²) in [5.74, 6) is -1.51. The number of rotatable bonds is 7. The smallest absolute Gasteiger partial charge is 0.262 e. The monoisotopic (exact) mass is 321 g/mol. The molecule has 0 bridgehead atoms. The number of hydrogen-bond donors (Lipinski definition) is 1. The highest BCUT2D eigenvalue weighted by atomic mass is 19.2. The summed E-state index contributed by atoms with van der Waals surface area (Å²) in [4.78, 5) is 11.7. The van der Waals surface area contributed by atoms with E-state index in [9.17, 15) is 13.6 Å². The van der Waals surface area contributed by atoms with Crippen molar-refractivity contribution in [2.24, 2.45) is 0 Å². The summed E-state index contributed by atoms with van der Waals surface area (Å²) in [6.07, 6.45) is 0.912. The van der Waals surface area contributed by atoms with Gasteiger partial charge in [-0.05, 0) is 42.8 Å². The fourth-order valence-corrected chi connectivity index (χ4v) is 1.79. The standard InChI is InChI=1S/C17H17F2NO3/c1-2-10-22-12-6-8-13(9-7-12)23-11-16(21)20-15-5-3-4-14(18)17(15)19/h3-9H,2,10-11H2,1H3,(H,20,21). The first kappa shape index (κ1) is 16.7. The number of anilines is 1. The Hall–Kier alpha value is -2.63. The Morgan fingerprint density at radius 2 is 1.70 bits per heavy atom. The number of carbonyl (C=O) groups excluding carboxylic acids is 1. The molecule has 4 nitrogen and oxygen atoms in total. The van der Waals surface area contributed by atoms with Gasteiger partial charge in [0.2, 0.25) is 0 Å². The number of benzene rings is 2. The summed E-state index contributed by atoms with van der Waals surface area (Å²) in [5.41, 5.74) is -0.220. The average Bonchev–Trinajstić information content (AvgIpc) is 2.56. The second kappa shape index (κ2) is 8.12. The molecular formula is C17H17F2NO3. The van der Waals surface area contributed by atoms with Gasteiger partial charge >= 0.3 is 0 Å². The molecule has 1 N–H and O–H groups in total. The maximum atomic E-state index is 13.4. The zero-order valence-electron chi connectivity index (χ0n) is 12.6. The Morgan fingerprint density at radius 1 is 1.04 bits per heavy atom. The van der Waals surface area contributed by atoms with Gasteiger partial charge in [-0.3, -0.25) is 4.79 Å². The quantitative estimate of drug-likeness (QED) is 0.844. The first-order chi connectivity index (χ1) is 11.1. The second-order valence-corrected chi connectivity index (χ2v) is 4.76. The van der Waals surface area contributed by atoms with Crippen LogP contribution < -0.4 is 14.8 Å². The van der Waals surface area contributed by atoms with Crippen molar-refractivity contribution in [1.29, 1.82) is 0 Å². The molecule has 6 heteroatoms. The molecule has 122 valence electrons. The molecule has 0 spiro atoms. The molecule has 0 heterocycles. The van der Waals surface area contributed by atoms with Crippen molar-refractivity contribution >= 4 is 11.6 Å². The van der Waals surface area contributed by atoms with Crippen molar-refractivity contribution < 1.29 is 23.0 Å². The highest BCUT2D eigenvalue weighted by Crippen LogP contribution is 2.19. The van der Waals surface area contributed by atoms with Crippen LogP contribution in [0.4, 0.5) is 14.5 Å². The topological polar surface area (TPSA) is 47.6 Å². The van der Waals surface area contributed by atoms with Gasteiger partial charge in [-0.15, -0.1) is 0 Å². The van der Waals surface area contributed by atoms with E-state index < -0.39 is 17.5 Å².